The van der Waals surface area contributed by atoms with Gasteiger partial charge in [0, 0.05) is 13.0 Å². The van der Waals surface area contributed by atoms with Gasteiger partial charge in [-0.25, -0.2) is 0 Å². The first-order valence-corrected chi connectivity index (χ1v) is 5.44. The fourth-order valence-corrected chi connectivity index (χ4v) is 1.45. The second-order valence-electron chi connectivity index (χ2n) is 2.71. The SMILES string of the molecule is OCCCCC#CC#Cc1cccs1. The molecule has 0 atom stereocenters. The van der Waals surface area contributed by atoms with Crippen LogP contribution >= 0.6 is 11.3 Å². The van der Waals surface area contributed by atoms with E-state index >= 15 is 0 Å². The van der Waals surface area contributed by atoms with Crippen LogP contribution in [0.5, 0.6) is 0 Å². The molecule has 1 aromatic rings. The van der Waals surface area contributed by atoms with Crippen molar-refractivity contribution < 1.29 is 5.11 Å². The van der Waals surface area contributed by atoms with Gasteiger partial charge in [0.25, 0.3) is 0 Å². The minimum atomic E-state index is 0.253. The molecule has 0 amide bonds. The Balaban J connectivity index is 2.25. The number of hydrogen-bond acceptors (Lipinski definition) is 2. The van der Waals surface area contributed by atoms with Crippen molar-refractivity contribution in [2.24, 2.45) is 0 Å². The second kappa shape index (κ2) is 7.21. The fourth-order valence-electron chi connectivity index (χ4n) is 0.874. The molecule has 0 aliphatic rings. The van der Waals surface area contributed by atoms with Crippen LogP contribution in [-0.2, 0) is 0 Å². The average Bonchev–Trinajstić information content (AvgIpc) is 2.69. The number of unbranched alkanes of at least 4 members (excludes halogenated alkanes) is 2. The largest absolute Gasteiger partial charge is 0.396 e. The first-order valence-electron chi connectivity index (χ1n) is 4.56. The molecule has 0 fully saturated rings. The molecule has 0 unspecified atom stereocenters. The summed E-state index contributed by atoms with van der Waals surface area (Å²) >= 11 is 1.62. The van der Waals surface area contributed by atoms with Crippen LogP contribution in [0.1, 0.15) is 24.1 Å². The van der Waals surface area contributed by atoms with Crippen molar-refractivity contribution in [2.75, 3.05) is 6.61 Å². The van der Waals surface area contributed by atoms with Gasteiger partial charge < -0.3 is 5.11 Å². The van der Waals surface area contributed by atoms with Gasteiger partial charge in [-0.15, -0.1) is 11.3 Å². The lowest BCUT2D eigenvalue weighted by atomic mass is 10.2. The molecule has 0 bridgehead atoms. The molecule has 0 aromatic carbocycles. The minimum absolute atomic E-state index is 0.253. The molecule has 0 saturated carbocycles. The smallest absolute Gasteiger partial charge is 0.0778 e. The van der Waals surface area contributed by atoms with Gasteiger partial charge >= 0.3 is 0 Å². The summed E-state index contributed by atoms with van der Waals surface area (Å²) in [5, 5.41) is 10.5. The zero-order chi connectivity index (χ0) is 10.1. The first kappa shape index (κ1) is 10.9. The van der Waals surface area contributed by atoms with Crippen molar-refractivity contribution in [1.29, 1.82) is 0 Å². The third-order valence-electron chi connectivity index (χ3n) is 1.57. The van der Waals surface area contributed by atoms with Crippen LogP contribution in [-0.4, -0.2) is 11.7 Å². The molecule has 0 radical (unpaired) electrons. The Morgan fingerprint density at radius 2 is 2.21 bits per heavy atom. The number of hydrogen-bond donors (Lipinski definition) is 1. The Kier molecular flexibility index (Phi) is 5.59. The number of aliphatic hydroxyl groups excluding tert-OH is 1. The zero-order valence-electron chi connectivity index (χ0n) is 7.92. The summed E-state index contributed by atoms with van der Waals surface area (Å²) in [7, 11) is 0. The molecule has 72 valence electrons. The summed E-state index contributed by atoms with van der Waals surface area (Å²) in [6.07, 6.45) is 2.59. The topological polar surface area (TPSA) is 20.2 Å². The van der Waals surface area contributed by atoms with Crippen LogP contribution in [0.4, 0.5) is 0 Å². The van der Waals surface area contributed by atoms with Gasteiger partial charge in [-0.05, 0) is 42.0 Å². The van der Waals surface area contributed by atoms with Crippen LogP contribution in [0.2, 0.25) is 0 Å². The summed E-state index contributed by atoms with van der Waals surface area (Å²) in [4.78, 5) is 1.05. The summed E-state index contributed by atoms with van der Waals surface area (Å²) in [6.45, 7) is 0.253. The number of aliphatic hydroxyl groups is 1. The standard InChI is InChI=1S/C12H12OS/c13-10-6-4-2-1-3-5-8-12-9-7-11-14-12/h7,9,11,13H,2,4,6,10H2. The van der Waals surface area contributed by atoms with Crippen LogP contribution < -0.4 is 0 Å². The summed E-state index contributed by atoms with van der Waals surface area (Å²) in [5.41, 5.74) is 0. The summed E-state index contributed by atoms with van der Waals surface area (Å²) in [6, 6.07) is 3.95. The van der Waals surface area contributed by atoms with Gasteiger partial charge in [-0.1, -0.05) is 12.0 Å². The average molecular weight is 204 g/mol. The maximum Gasteiger partial charge on any atom is 0.0778 e. The Bertz CT molecular complexity index is 357. The predicted molar refractivity (Wildman–Crippen MR) is 59.9 cm³/mol. The summed E-state index contributed by atoms with van der Waals surface area (Å²) < 4.78 is 0. The number of thiophene rings is 1. The van der Waals surface area contributed by atoms with E-state index in [-0.39, 0.29) is 6.61 Å². The fraction of sp³-hybridized carbons (Fsp3) is 0.333. The highest BCUT2D eigenvalue weighted by molar-refractivity contribution is 7.10. The van der Waals surface area contributed by atoms with Crippen molar-refractivity contribution in [3.05, 3.63) is 22.4 Å². The minimum Gasteiger partial charge on any atom is -0.396 e. The molecule has 0 saturated heterocycles. The molecule has 1 heterocycles. The van der Waals surface area contributed by atoms with E-state index in [4.69, 9.17) is 5.11 Å². The molecule has 14 heavy (non-hydrogen) atoms. The van der Waals surface area contributed by atoms with Crippen molar-refractivity contribution >= 4 is 11.3 Å². The van der Waals surface area contributed by atoms with E-state index in [1.807, 2.05) is 17.5 Å². The third-order valence-corrected chi connectivity index (χ3v) is 2.35. The van der Waals surface area contributed by atoms with Crippen molar-refractivity contribution in [2.45, 2.75) is 19.3 Å². The highest BCUT2D eigenvalue weighted by atomic mass is 32.1. The molecule has 1 nitrogen and oxygen atoms in total. The second-order valence-corrected chi connectivity index (χ2v) is 3.66. The summed E-state index contributed by atoms with van der Waals surface area (Å²) in [5.74, 6) is 11.5. The number of rotatable bonds is 3. The maximum atomic E-state index is 8.52. The lowest BCUT2D eigenvalue weighted by Crippen LogP contribution is -1.80. The van der Waals surface area contributed by atoms with E-state index in [1.165, 1.54) is 0 Å². The molecular weight excluding hydrogens is 192 g/mol. The van der Waals surface area contributed by atoms with Crippen LogP contribution in [0.3, 0.4) is 0 Å². The Labute approximate surface area is 88.8 Å². The van der Waals surface area contributed by atoms with Gasteiger partial charge in [-0.3, -0.25) is 0 Å². The Morgan fingerprint density at radius 3 is 2.93 bits per heavy atom. The highest BCUT2D eigenvalue weighted by Crippen LogP contribution is 2.05. The maximum absolute atomic E-state index is 8.52. The molecule has 2 heteroatoms. The highest BCUT2D eigenvalue weighted by Gasteiger charge is 1.82. The van der Waals surface area contributed by atoms with Gasteiger partial charge in [0.15, 0.2) is 0 Å². The van der Waals surface area contributed by atoms with Gasteiger partial charge in [0.05, 0.1) is 4.88 Å². The lowest BCUT2D eigenvalue weighted by Gasteiger charge is -1.86. The van der Waals surface area contributed by atoms with Gasteiger partial charge in [0.1, 0.15) is 0 Å². The van der Waals surface area contributed by atoms with Crippen LogP contribution in [0.25, 0.3) is 0 Å². The molecule has 1 aromatic heterocycles. The van der Waals surface area contributed by atoms with E-state index in [2.05, 4.69) is 23.7 Å². The molecular formula is C12H12OS. The molecule has 1 rings (SSSR count). The molecule has 1 N–H and O–H groups in total. The molecule has 0 aliphatic carbocycles. The van der Waals surface area contributed by atoms with E-state index < -0.39 is 0 Å². The van der Waals surface area contributed by atoms with Gasteiger partial charge in [-0.2, -0.15) is 0 Å². The van der Waals surface area contributed by atoms with Crippen molar-refractivity contribution in [3.8, 4) is 23.7 Å². The van der Waals surface area contributed by atoms with Crippen molar-refractivity contribution in [3.63, 3.8) is 0 Å². The van der Waals surface area contributed by atoms with Crippen LogP contribution in [0, 0.1) is 23.7 Å². The normalized spacial score (nSPS) is 8.36. The Morgan fingerprint density at radius 1 is 1.29 bits per heavy atom. The molecule has 0 spiro atoms. The third kappa shape index (κ3) is 4.72. The lowest BCUT2D eigenvalue weighted by molar-refractivity contribution is 0.285. The molecule has 0 aliphatic heterocycles. The van der Waals surface area contributed by atoms with E-state index in [1.54, 1.807) is 11.3 Å². The van der Waals surface area contributed by atoms with Gasteiger partial charge in [0.2, 0.25) is 0 Å². The Hall–Kier alpha value is -1.22. The van der Waals surface area contributed by atoms with Crippen molar-refractivity contribution in [1.82, 2.24) is 0 Å². The first-order chi connectivity index (χ1) is 6.93. The predicted octanol–water partition coefficient (Wildman–Crippen LogP) is 2.27. The monoisotopic (exact) mass is 204 g/mol. The zero-order valence-corrected chi connectivity index (χ0v) is 8.73. The van der Waals surface area contributed by atoms with E-state index in [0.717, 1.165) is 24.1 Å². The van der Waals surface area contributed by atoms with E-state index in [9.17, 15) is 0 Å². The quantitative estimate of drug-likeness (QED) is 0.591. The van der Waals surface area contributed by atoms with Crippen LogP contribution in [0.15, 0.2) is 17.5 Å². The van der Waals surface area contributed by atoms with E-state index in [0.29, 0.717) is 0 Å².